The van der Waals surface area contributed by atoms with Crippen molar-refractivity contribution in [3.05, 3.63) is 54.7 Å². The number of aryl methyl sites for hydroxylation is 4. The third-order valence-electron chi connectivity index (χ3n) is 3.04. The number of hydrogen-bond donors (Lipinski definition) is 0. The van der Waals surface area contributed by atoms with Crippen molar-refractivity contribution >= 4 is 33.0 Å². The van der Waals surface area contributed by atoms with E-state index < -0.39 is 0 Å². The minimum atomic E-state index is 0.129. The van der Waals surface area contributed by atoms with E-state index in [0.717, 1.165) is 30.9 Å². The zero-order chi connectivity index (χ0) is 13.4. The number of ketones is 1. The van der Waals surface area contributed by atoms with Crippen LogP contribution in [0.4, 0.5) is 0 Å². The highest BCUT2D eigenvalue weighted by atomic mass is 79.9. The van der Waals surface area contributed by atoms with Crippen LogP contribution in [0.15, 0.2) is 22.0 Å². The Bertz CT molecular complexity index is 602. The number of halogens is 1. The molecule has 2 aromatic rings. The lowest BCUT2D eigenvalue weighted by atomic mass is 9.93. The molecule has 1 heterocycles. The van der Waals surface area contributed by atoms with Crippen molar-refractivity contribution < 1.29 is 4.79 Å². The van der Waals surface area contributed by atoms with Crippen LogP contribution in [-0.4, -0.2) is 5.78 Å². The zero-order valence-electron chi connectivity index (χ0n) is 10.9. The largest absolute Gasteiger partial charge is 0.289 e. The molecular formula is C15H15BrOS. The fourth-order valence-electron chi connectivity index (χ4n) is 2.34. The summed E-state index contributed by atoms with van der Waals surface area (Å²) in [6, 6.07) is 6.05. The van der Waals surface area contributed by atoms with Gasteiger partial charge in [-0.25, -0.2) is 0 Å². The zero-order valence-corrected chi connectivity index (χ0v) is 13.3. The number of carbonyl (C=O) groups is 1. The highest BCUT2D eigenvalue weighted by Gasteiger charge is 2.18. The highest BCUT2D eigenvalue weighted by Crippen LogP contribution is 2.29. The Labute approximate surface area is 120 Å². The molecule has 0 bridgehead atoms. The number of hydrogen-bond acceptors (Lipinski definition) is 2. The molecule has 0 saturated carbocycles. The van der Waals surface area contributed by atoms with Crippen LogP contribution in [0.1, 0.15) is 37.5 Å². The minimum absolute atomic E-state index is 0.129. The predicted molar refractivity (Wildman–Crippen MR) is 80.8 cm³/mol. The quantitative estimate of drug-likeness (QED) is 0.713. The summed E-state index contributed by atoms with van der Waals surface area (Å²) in [6.07, 6.45) is 0. The van der Waals surface area contributed by atoms with Crippen molar-refractivity contribution in [1.82, 2.24) is 0 Å². The van der Waals surface area contributed by atoms with Crippen LogP contribution >= 0.6 is 27.3 Å². The summed E-state index contributed by atoms with van der Waals surface area (Å²) in [5.41, 5.74) is 4.96. The molecule has 0 spiro atoms. The van der Waals surface area contributed by atoms with Gasteiger partial charge in [-0.1, -0.05) is 17.7 Å². The first kappa shape index (κ1) is 13.5. The fourth-order valence-corrected chi connectivity index (χ4v) is 4.03. The van der Waals surface area contributed by atoms with Gasteiger partial charge in [-0.3, -0.25) is 4.79 Å². The Balaban J connectivity index is 2.56. The van der Waals surface area contributed by atoms with Crippen LogP contribution in [-0.2, 0) is 0 Å². The molecule has 0 saturated heterocycles. The molecule has 0 aliphatic carbocycles. The monoisotopic (exact) mass is 322 g/mol. The highest BCUT2D eigenvalue weighted by molar-refractivity contribution is 9.11. The van der Waals surface area contributed by atoms with Gasteiger partial charge in [0.15, 0.2) is 5.78 Å². The van der Waals surface area contributed by atoms with Gasteiger partial charge < -0.3 is 0 Å². The topological polar surface area (TPSA) is 17.1 Å². The van der Waals surface area contributed by atoms with Gasteiger partial charge in [0.05, 0.1) is 3.79 Å². The second-order valence-corrected chi connectivity index (χ2v) is 7.26. The van der Waals surface area contributed by atoms with E-state index in [9.17, 15) is 4.79 Å². The lowest BCUT2D eigenvalue weighted by Crippen LogP contribution is -2.06. The van der Waals surface area contributed by atoms with Crippen molar-refractivity contribution in [3.63, 3.8) is 0 Å². The van der Waals surface area contributed by atoms with Gasteiger partial charge in [0.1, 0.15) is 0 Å². The average molecular weight is 323 g/mol. The molecule has 0 aliphatic heterocycles. The maximum Gasteiger partial charge on any atom is 0.194 e. The molecule has 0 N–H and O–H groups in total. The van der Waals surface area contributed by atoms with E-state index in [-0.39, 0.29) is 5.78 Å². The summed E-state index contributed by atoms with van der Waals surface area (Å²) in [6.45, 7) is 8.05. The Morgan fingerprint density at radius 3 is 2.06 bits per heavy atom. The summed E-state index contributed by atoms with van der Waals surface area (Å²) in [4.78, 5) is 13.7. The molecule has 18 heavy (non-hydrogen) atoms. The van der Waals surface area contributed by atoms with Crippen molar-refractivity contribution in [2.24, 2.45) is 0 Å². The second kappa shape index (κ2) is 4.98. The number of rotatable bonds is 2. The third kappa shape index (κ3) is 2.43. The Hall–Kier alpha value is -0.930. The fraction of sp³-hybridized carbons (Fsp3) is 0.267. The number of thiophene rings is 1. The Kier molecular flexibility index (Phi) is 3.74. The van der Waals surface area contributed by atoms with Crippen LogP contribution < -0.4 is 0 Å². The van der Waals surface area contributed by atoms with Gasteiger partial charge >= 0.3 is 0 Å². The first-order valence-corrected chi connectivity index (χ1v) is 7.39. The van der Waals surface area contributed by atoms with E-state index in [4.69, 9.17) is 0 Å². The first-order valence-electron chi connectivity index (χ1n) is 5.78. The summed E-state index contributed by atoms with van der Waals surface area (Å²) >= 11 is 5.04. The summed E-state index contributed by atoms with van der Waals surface area (Å²) in [7, 11) is 0. The van der Waals surface area contributed by atoms with Gasteiger partial charge in [-0.15, -0.1) is 11.3 Å². The van der Waals surface area contributed by atoms with E-state index in [1.54, 1.807) is 11.3 Å². The molecule has 0 amide bonds. The molecule has 1 nitrogen and oxygen atoms in total. The van der Waals surface area contributed by atoms with Crippen molar-refractivity contribution in [1.29, 1.82) is 0 Å². The summed E-state index contributed by atoms with van der Waals surface area (Å²) in [5, 5.41) is 0. The van der Waals surface area contributed by atoms with Crippen LogP contribution in [0.25, 0.3) is 0 Å². The molecule has 0 fully saturated rings. The molecule has 3 heteroatoms. The molecule has 1 aromatic heterocycles. The Morgan fingerprint density at radius 2 is 1.61 bits per heavy atom. The van der Waals surface area contributed by atoms with Crippen LogP contribution in [0.5, 0.6) is 0 Å². The van der Waals surface area contributed by atoms with Crippen molar-refractivity contribution in [2.45, 2.75) is 27.7 Å². The molecule has 1 aromatic carbocycles. The van der Waals surface area contributed by atoms with E-state index in [1.165, 1.54) is 5.56 Å². The summed E-state index contributed by atoms with van der Waals surface area (Å²) in [5.74, 6) is 0.129. The molecule has 2 rings (SSSR count). The van der Waals surface area contributed by atoms with Crippen molar-refractivity contribution in [2.75, 3.05) is 0 Å². The van der Waals surface area contributed by atoms with E-state index in [1.807, 2.05) is 26.8 Å². The molecule has 0 radical (unpaired) electrons. The number of carbonyl (C=O) groups excluding carboxylic acids is 1. The molecule has 0 atom stereocenters. The summed E-state index contributed by atoms with van der Waals surface area (Å²) < 4.78 is 1.01. The van der Waals surface area contributed by atoms with Gasteiger partial charge in [0.25, 0.3) is 0 Å². The first-order chi connectivity index (χ1) is 8.40. The standard InChI is InChI=1S/C15H15BrOS/c1-8-5-9(2)14(10(3)6-8)15(17)12-7-13(16)18-11(12)4/h5-7H,1-4H3. The molecule has 0 aliphatic rings. The lowest BCUT2D eigenvalue weighted by molar-refractivity contribution is 0.103. The maximum atomic E-state index is 12.6. The smallest absolute Gasteiger partial charge is 0.194 e. The SMILES string of the molecule is Cc1cc(C)c(C(=O)c2cc(Br)sc2C)c(C)c1. The molecule has 94 valence electrons. The molecule has 0 unspecified atom stereocenters. The van der Waals surface area contributed by atoms with Gasteiger partial charge in [-0.2, -0.15) is 0 Å². The van der Waals surface area contributed by atoms with Crippen LogP contribution in [0.2, 0.25) is 0 Å². The van der Waals surface area contributed by atoms with Gasteiger partial charge in [0.2, 0.25) is 0 Å². The minimum Gasteiger partial charge on any atom is -0.289 e. The van der Waals surface area contributed by atoms with Crippen LogP contribution in [0.3, 0.4) is 0 Å². The maximum absolute atomic E-state index is 12.6. The average Bonchev–Trinajstić information content (AvgIpc) is 2.56. The van der Waals surface area contributed by atoms with Crippen molar-refractivity contribution in [3.8, 4) is 0 Å². The second-order valence-electron chi connectivity index (χ2n) is 4.62. The van der Waals surface area contributed by atoms with E-state index in [2.05, 4.69) is 35.0 Å². The third-order valence-corrected chi connectivity index (χ3v) is 4.59. The van der Waals surface area contributed by atoms with E-state index in [0.29, 0.717) is 0 Å². The number of benzene rings is 1. The lowest BCUT2D eigenvalue weighted by Gasteiger charge is -2.10. The van der Waals surface area contributed by atoms with Gasteiger partial charge in [0, 0.05) is 16.0 Å². The molecular weight excluding hydrogens is 308 g/mol. The van der Waals surface area contributed by atoms with Gasteiger partial charge in [-0.05, 0) is 60.8 Å². The Morgan fingerprint density at radius 1 is 1.06 bits per heavy atom. The normalized spacial score (nSPS) is 10.7. The predicted octanol–water partition coefficient (Wildman–Crippen LogP) is 4.98. The van der Waals surface area contributed by atoms with E-state index >= 15 is 0 Å². The van der Waals surface area contributed by atoms with Crippen LogP contribution in [0, 0.1) is 27.7 Å².